The second kappa shape index (κ2) is 16.4. The Balaban J connectivity index is 1.12. The number of ether oxygens (including phenoxy) is 1. The number of hydrogen-bond donors (Lipinski definition) is 2. The van der Waals surface area contributed by atoms with Gasteiger partial charge in [0.05, 0.1) is 30.2 Å². The van der Waals surface area contributed by atoms with Crippen LogP contribution in [0, 0.1) is 5.82 Å². The number of methoxy groups -OCH3 is 1. The van der Waals surface area contributed by atoms with Gasteiger partial charge in [0.2, 0.25) is 11.9 Å². The molecule has 0 fully saturated rings. The fraction of sp³-hybridized carbons (Fsp3) is 0.178. The van der Waals surface area contributed by atoms with E-state index in [9.17, 15) is 17.6 Å². The molecule has 0 aliphatic carbocycles. The number of anilines is 3. The van der Waals surface area contributed by atoms with E-state index in [0.29, 0.717) is 34.3 Å². The minimum atomic E-state index is -3.41. The number of rotatable bonds is 13. The summed E-state index contributed by atoms with van der Waals surface area (Å²) < 4.78 is 52.4. The van der Waals surface area contributed by atoms with Crippen LogP contribution in [0.5, 0.6) is 5.75 Å². The zero-order chi connectivity index (χ0) is 41.1. The quantitative estimate of drug-likeness (QED) is 0.112. The Kier molecular flexibility index (Phi) is 11.3. The van der Waals surface area contributed by atoms with Crippen LogP contribution in [0.1, 0.15) is 32.3 Å². The lowest BCUT2D eigenvalue weighted by molar-refractivity contribution is -0.118. The summed E-state index contributed by atoms with van der Waals surface area (Å²) in [6.07, 6.45) is 2.98. The normalized spacial score (nSPS) is 12.6. The lowest BCUT2D eigenvalue weighted by Gasteiger charge is -2.43. The summed E-state index contributed by atoms with van der Waals surface area (Å²) in [6, 6.07) is 42.3. The van der Waals surface area contributed by atoms with Gasteiger partial charge in [-0.25, -0.2) is 17.3 Å². The molecule has 1 amide bonds. The van der Waals surface area contributed by atoms with Crippen molar-refractivity contribution in [2.75, 3.05) is 30.6 Å². The molecule has 7 rings (SSSR count). The van der Waals surface area contributed by atoms with Crippen molar-refractivity contribution in [2.45, 2.75) is 36.6 Å². The van der Waals surface area contributed by atoms with Crippen molar-refractivity contribution in [3.63, 3.8) is 0 Å². The van der Waals surface area contributed by atoms with E-state index in [2.05, 4.69) is 65.8 Å². The Morgan fingerprint density at radius 1 is 0.828 bits per heavy atom. The molecular formula is C45H44FN5O5SSi. The van der Waals surface area contributed by atoms with E-state index in [-0.39, 0.29) is 28.3 Å². The monoisotopic (exact) mass is 813 g/mol. The molecule has 1 atom stereocenters. The number of sulfone groups is 1. The Bertz CT molecular complexity index is 2610. The lowest BCUT2D eigenvalue weighted by Crippen LogP contribution is -2.67. The first-order chi connectivity index (χ1) is 27.7. The van der Waals surface area contributed by atoms with Crippen LogP contribution in [0.4, 0.5) is 21.7 Å². The minimum Gasteiger partial charge on any atom is -0.495 e. The maximum Gasteiger partial charge on any atom is 0.261 e. The Labute approximate surface area is 338 Å². The molecule has 2 aromatic heterocycles. The number of carbonyl (C=O) groups is 1. The van der Waals surface area contributed by atoms with E-state index in [0.717, 1.165) is 27.8 Å². The number of nitrogens with one attached hydrogen (secondary N) is 2. The van der Waals surface area contributed by atoms with E-state index in [1.165, 1.54) is 31.4 Å². The lowest BCUT2D eigenvalue weighted by atomic mass is 9.99. The average molecular weight is 814 g/mol. The molecule has 13 heteroatoms. The standard InChI is InChI=1S/C45H44FN5O5SSi/c1-45(2,3)58(37-12-8-6-9-13-37,38-14-10-7-11-15-38)56-30-39(32-16-21-34(46)22-17-32)43(52)47-35-23-18-31(19-24-35)33-20-27-42-49-44(50-51(42)29-33)48-40-26-25-36(57(5,53)54)28-41(40)55-4/h6-29,39H,30H2,1-5H3,(H,47,52)(H,48,50). The molecule has 0 saturated carbocycles. The summed E-state index contributed by atoms with van der Waals surface area (Å²) >= 11 is 0. The highest BCUT2D eigenvalue weighted by Crippen LogP contribution is 2.38. The second-order valence-corrected chi connectivity index (χ2v) is 21.4. The van der Waals surface area contributed by atoms with Crippen molar-refractivity contribution in [1.29, 1.82) is 0 Å². The number of hydrogen-bond acceptors (Lipinski definition) is 8. The molecule has 0 radical (unpaired) electrons. The van der Waals surface area contributed by atoms with Crippen LogP contribution >= 0.6 is 0 Å². The van der Waals surface area contributed by atoms with E-state index in [1.54, 1.807) is 22.7 Å². The minimum absolute atomic E-state index is 0.0797. The topological polar surface area (TPSA) is 124 Å². The fourth-order valence-electron chi connectivity index (χ4n) is 7.20. The number of benzene rings is 5. The van der Waals surface area contributed by atoms with Gasteiger partial charge in [0.1, 0.15) is 11.6 Å². The van der Waals surface area contributed by atoms with Gasteiger partial charge in [-0.3, -0.25) is 4.79 Å². The number of amides is 1. The molecule has 0 aliphatic rings. The largest absolute Gasteiger partial charge is 0.495 e. The van der Waals surface area contributed by atoms with Crippen molar-refractivity contribution in [3.8, 4) is 16.9 Å². The highest BCUT2D eigenvalue weighted by Gasteiger charge is 2.50. The fourth-order valence-corrected chi connectivity index (χ4v) is 12.4. The van der Waals surface area contributed by atoms with Crippen LogP contribution < -0.4 is 25.7 Å². The maximum atomic E-state index is 14.2. The van der Waals surface area contributed by atoms with Gasteiger partial charge in [-0.05, 0) is 75.1 Å². The van der Waals surface area contributed by atoms with E-state index >= 15 is 0 Å². The molecule has 0 aliphatic heterocycles. The van der Waals surface area contributed by atoms with Crippen LogP contribution in [0.25, 0.3) is 16.8 Å². The summed E-state index contributed by atoms with van der Waals surface area (Å²) in [5.41, 5.74) is 4.09. The summed E-state index contributed by atoms with van der Waals surface area (Å²) in [5, 5.41) is 12.7. The molecule has 1 unspecified atom stereocenters. The molecule has 0 spiro atoms. The molecule has 58 heavy (non-hydrogen) atoms. The van der Waals surface area contributed by atoms with Crippen LogP contribution in [-0.4, -0.2) is 57.2 Å². The SMILES string of the molecule is COc1cc(S(C)(=O)=O)ccc1Nc1nc2ccc(-c3ccc(NC(=O)C(CO[Si](c4ccccc4)(c4ccccc4)C(C)(C)C)c4ccc(F)cc4)cc3)cn2n1. The summed E-state index contributed by atoms with van der Waals surface area (Å²) in [4.78, 5) is 18.9. The van der Waals surface area contributed by atoms with Gasteiger partial charge in [0, 0.05) is 29.8 Å². The average Bonchev–Trinajstić information content (AvgIpc) is 3.62. The smallest absolute Gasteiger partial charge is 0.261 e. The van der Waals surface area contributed by atoms with Crippen molar-refractivity contribution in [3.05, 3.63) is 157 Å². The van der Waals surface area contributed by atoms with Crippen LogP contribution in [0.15, 0.2) is 151 Å². The molecule has 10 nitrogen and oxygen atoms in total. The highest BCUT2D eigenvalue weighted by atomic mass is 32.2. The van der Waals surface area contributed by atoms with Gasteiger partial charge in [-0.2, -0.15) is 4.98 Å². The third-order valence-electron chi connectivity index (χ3n) is 10.1. The van der Waals surface area contributed by atoms with E-state index in [4.69, 9.17) is 9.16 Å². The van der Waals surface area contributed by atoms with Gasteiger partial charge in [-0.15, -0.1) is 5.10 Å². The first-order valence-corrected chi connectivity index (χ1v) is 22.5. The molecular weight excluding hydrogens is 770 g/mol. The number of pyridine rings is 1. The molecule has 0 bridgehead atoms. The Morgan fingerprint density at radius 2 is 1.45 bits per heavy atom. The van der Waals surface area contributed by atoms with Gasteiger partial charge in [0.25, 0.3) is 8.32 Å². The Hall–Kier alpha value is -6.15. The number of aromatic nitrogens is 3. The van der Waals surface area contributed by atoms with Crippen molar-refractivity contribution in [1.82, 2.24) is 14.6 Å². The summed E-state index contributed by atoms with van der Waals surface area (Å²) in [6.45, 7) is 6.64. The van der Waals surface area contributed by atoms with Crippen LogP contribution in [-0.2, 0) is 19.1 Å². The molecule has 0 saturated heterocycles. The Morgan fingerprint density at radius 3 is 2.03 bits per heavy atom. The second-order valence-electron chi connectivity index (χ2n) is 15.1. The van der Waals surface area contributed by atoms with Gasteiger partial charge >= 0.3 is 0 Å². The summed E-state index contributed by atoms with van der Waals surface area (Å²) in [5.74, 6) is -0.758. The molecule has 296 valence electrons. The first kappa shape index (κ1) is 40.1. The van der Waals surface area contributed by atoms with Crippen LogP contribution in [0.3, 0.4) is 0 Å². The van der Waals surface area contributed by atoms with Crippen molar-refractivity contribution in [2.24, 2.45) is 0 Å². The van der Waals surface area contributed by atoms with Crippen molar-refractivity contribution < 1.29 is 26.8 Å². The van der Waals surface area contributed by atoms with Gasteiger partial charge in [0.15, 0.2) is 15.5 Å². The summed E-state index contributed by atoms with van der Waals surface area (Å²) in [7, 11) is -4.94. The highest BCUT2D eigenvalue weighted by molar-refractivity contribution is 7.90. The zero-order valence-corrected chi connectivity index (χ0v) is 34.6. The van der Waals surface area contributed by atoms with Gasteiger partial charge in [-0.1, -0.05) is 106 Å². The molecule has 2 heterocycles. The third kappa shape index (κ3) is 8.42. The maximum absolute atomic E-state index is 14.2. The van der Waals surface area contributed by atoms with Crippen LogP contribution in [0.2, 0.25) is 5.04 Å². The predicted octanol–water partition coefficient (Wildman–Crippen LogP) is 7.99. The molecule has 2 N–H and O–H groups in total. The number of fused-ring (bicyclic) bond motifs is 1. The van der Waals surface area contributed by atoms with E-state index < -0.39 is 24.1 Å². The van der Waals surface area contributed by atoms with Gasteiger partial charge < -0.3 is 19.8 Å². The molecule has 5 aromatic carbocycles. The van der Waals surface area contributed by atoms with E-state index in [1.807, 2.05) is 79.0 Å². The third-order valence-corrected chi connectivity index (χ3v) is 16.3. The predicted molar refractivity (Wildman–Crippen MR) is 229 cm³/mol. The molecule has 7 aromatic rings. The first-order valence-electron chi connectivity index (χ1n) is 18.7. The number of nitrogens with zero attached hydrogens (tertiary/aromatic N) is 3. The number of halogens is 1. The zero-order valence-electron chi connectivity index (χ0n) is 32.8. The number of carbonyl (C=O) groups excluding carboxylic acids is 1. The van der Waals surface area contributed by atoms with Crippen molar-refractivity contribution >= 4 is 57.4 Å².